The molecule has 1 saturated carbocycles. The van der Waals surface area contributed by atoms with Gasteiger partial charge in [-0.25, -0.2) is 0 Å². The Balaban J connectivity index is 2.14. The van der Waals surface area contributed by atoms with E-state index in [-0.39, 0.29) is 23.1 Å². The van der Waals surface area contributed by atoms with Crippen LogP contribution in [-0.4, -0.2) is 5.16 Å². The molecule has 0 bridgehead atoms. The summed E-state index contributed by atoms with van der Waals surface area (Å²) in [5.41, 5.74) is 0.0778. The third-order valence-electron chi connectivity index (χ3n) is 3.39. The van der Waals surface area contributed by atoms with Crippen molar-refractivity contribution in [2.45, 2.75) is 30.8 Å². The summed E-state index contributed by atoms with van der Waals surface area (Å²) in [4.78, 5) is 0. The summed E-state index contributed by atoms with van der Waals surface area (Å²) in [7, 11) is 0. The lowest BCUT2D eigenvalue weighted by molar-refractivity contribution is -0.137. The van der Waals surface area contributed by atoms with E-state index in [0.29, 0.717) is 11.3 Å². The van der Waals surface area contributed by atoms with E-state index < -0.39 is 11.7 Å². The molecule has 0 aliphatic heterocycles. The molecule has 1 heterocycles. The first-order valence-corrected chi connectivity index (χ1v) is 6.77. The van der Waals surface area contributed by atoms with E-state index in [1.807, 2.05) is 0 Å². The van der Waals surface area contributed by atoms with Crippen molar-refractivity contribution in [1.82, 2.24) is 5.16 Å². The Morgan fingerprint density at radius 2 is 1.95 bits per heavy atom. The fourth-order valence-electron chi connectivity index (χ4n) is 2.27. The first-order valence-electron chi connectivity index (χ1n) is 6.23. The van der Waals surface area contributed by atoms with Gasteiger partial charge in [0.05, 0.1) is 11.4 Å². The monoisotopic (exact) mass is 301 g/mol. The lowest BCUT2D eigenvalue weighted by atomic mass is 10.00. The first kappa shape index (κ1) is 13.5. The minimum atomic E-state index is -4.43. The Morgan fingerprint density at radius 3 is 2.55 bits per heavy atom. The van der Waals surface area contributed by atoms with Crippen LogP contribution in [0.2, 0.25) is 0 Å². The second kappa shape index (κ2) is 4.81. The Morgan fingerprint density at radius 1 is 1.25 bits per heavy atom. The second-order valence-corrected chi connectivity index (χ2v) is 5.09. The zero-order valence-electron chi connectivity index (χ0n) is 10.4. The Bertz CT molecular complexity index is 632. The largest absolute Gasteiger partial charge is 0.417 e. The van der Waals surface area contributed by atoms with Gasteiger partial charge in [-0.2, -0.15) is 13.2 Å². The standard InChI is InChI=1S/C14H11ClF3NO/c15-7-10-12(19-20-13(10)8-5-6-8)9-3-1-2-4-11(9)14(16,17)18/h1-4,8H,5-7H2. The summed E-state index contributed by atoms with van der Waals surface area (Å²) in [6.07, 6.45) is -2.49. The van der Waals surface area contributed by atoms with E-state index in [1.54, 1.807) is 6.07 Å². The van der Waals surface area contributed by atoms with Gasteiger partial charge >= 0.3 is 6.18 Å². The van der Waals surface area contributed by atoms with Crippen LogP contribution in [0.3, 0.4) is 0 Å². The van der Waals surface area contributed by atoms with Crippen LogP contribution in [-0.2, 0) is 12.1 Å². The number of hydrogen-bond donors (Lipinski definition) is 0. The summed E-state index contributed by atoms with van der Waals surface area (Å²) in [6, 6.07) is 5.34. The number of alkyl halides is 4. The van der Waals surface area contributed by atoms with Crippen molar-refractivity contribution in [1.29, 1.82) is 0 Å². The normalized spacial score (nSPS) is 15.6. The summed E-state index contributed by atoms with van der Waals surface area (Å²) in [5, 5.41) is 3.83. The third-order valence-corrected chi connectivity index (χ3v) is 3.66. The van der Waals surface area contributed by atoms with Crippen LogP contribution in [0.1, 0.15) is 35.6 Å². The second-order valence-electron chi connectivity index (χ2n) is 4.83. The molecule has 0 saturated heterocycles. The molecule has 1 aromatic carbocycles. The number of benzene rings is 1. The van der Waals surface area contributed by atoms with Gasteiger partial charge in [-0.1, -0.05) is 23.4 Å². The Labute approximate surface area is 118 Å². The summed E-state index contributed by atoms with van der Waals surface area (Å²) in [6.45, 7) is 0. The number of nitrogens with zero attached hydrogens (tertiary/aromatic N) is 1. The molecule has 0 N–H and O–H groups in total. The van der Waals surface area contributed by atoms with Crippen molar-refractivity contribution < 1.29 is 17.7 Å². The molecular formula is C14H11ClF3NO. The Kier molecular flexibility index (Phi) is 3.24. The molecule has 20 heavy (non-hydrogen) atoms. The maximum absolute atomic E-state index is 13.1. The smallest absolute Gasteiger partial charge is 0.360 e. The van der Waals surface area contributed by atoms with Crippen LogP contribution < -0.4 is 0 Å². The minimum Gasteiger partial charge on any atom is -0.360 e. The number of hydrogen-bond acceptors (Lipinski definition) is 2. The molecule has 0 atom stereocenters. The highest BCUT2D eigenvalue weighted by Crippen LogP contribution is 2.45. The van der Waals surface area contributed by atoms with Gasteiger partial charge in [0.2, 0.25) is 0 Å². The molecule has 1 fully saturated rings. The summed E-state index contributed by atoms with van der Waals surface area (Å²) < 4.78 is 44.4. The quantitative estimate of drug-likeness (QED) is 0.748. The molecular weight excluding hydrogens is 291 g/mol. The molecule has 3 rings (SSSR count). The van der Waals surface area contributed by atoms with E-state index in [0.717, 1.165) is 18.9 Å². The highest BCUT2D eigenvalue weighted by Gasteiger charge is 2.37. The maximum atomic E-state index is 13.1. The zero-order valence-corrected chi connectivity index (χ0v) is 11.1. The molecule has 0 radical (unpaired) electrons. The van der Waals surface area contributed by atoms with Crippen LogP contribution >= 0.6 is 11.6 Å². The van der Waals surface area contributed by atoms with E-state index in [1.165, 1.54) is 12.1 Å². The van der Waals surface area contributed by atoms with Crippen molar-refractivity contribution in [3.05, 3.63) is 41.2 Å². The van der Waals surface area contributed by atoms with Crippen molar-refractivity contribution in [2.75, 3.05) is 0 Å². The highest BCUT2D eigenvalue weighted by molar-refractivity contribution is 6.17. The van der Waals surface area contributed by atoms with Gasteiger partial charge in [-0.3, -0.25) is 0 Å². The van der Waals surface area contributed by atoms with Crippen molar-refractivity contribution >= 4 is 11.6 Å². The van der Waals surface area contributed by atoms with E-state index in [2.05, 4.69) is 5.16 Å². The zero-order chi connectivity index (χ0) is 14.3. The van der Waals surface area contributed by atoms with Gasteiger partial charge < -0.3 is 4.52 Å². The van der Waals surface area contributed by atoms with Gasteiger partial charge in [-0.15, -0.1) is 11.6 Å². The van der Waals surface area contributed by atoms with Crippen molar-refractivity contribution in [3.63, 3.8) is 0 Å². The topological polar surface area (TPSA) is 26.0 Å². The summed E-state index contributed by atoms with van der Waals surface area (Å²) >= 11 is 5.89. The van der Waals surface area contributed by atoms with Crippen LogP contribution in [0.25, 0.3) is 11.3 Å². The van der Waals surface area contributed by atoms with Crippen LogP contribution in [0.5, 0.6) is 0 Å². The number of halogens is 4. The molecule has 1 aliphatic rings. The minimum absolute atomic E-state index is 0.0197. The molecule has 0 amide bonds. The lowest BCUT2D eigenvalue weighted by Crippen LogP contribution is -2.07. The van der Waals surface area contributed by atoms with Gasteiger partial charge in [0.25, 0.3) is 0 Å². The van der Waals surface area contributed by atoms with Gasteiger partial charge in [-0.05, 0) is 18.9 Å². The van der Waals surface area contributed by atoms with E-state index in [4.69, 9.17) is 16.1 Å². The molecule has 1 aliphatic carbocycles. The molecule has 2 aromatic rings. The predicted octanol–water partition coefficient (Wildman–Crippen LogP) is 4.98. The Hall–Kier alpha value is -1.49. The predicted molar refractivity (Wildman–Crippen MR) is 68.5 cm³/mol. The van der Waals surface area contributed by atoms with E-state index in [9.17, 15) is 13.2 Å². The molecule has 0 spiro atoms. The van der Waals surface area contributed by atoms with Crippen molar-refractivity contribution in [2.24, 2.45) is 0 Å². The molecule has 6 heteroatoms. The van der Waals surface area contributed by atoms with Crippen molar-refractivity contribution in [3.8, 4) is 11.3 Å². The fourth-order valence-corrected chi connectivity index (χ4v) is 2.52. The van der Waals surface area contributed by atoms with Crippen LogP contribution in [0, 0.1) is 0 Å². The van der Waals surface area contributed by atoms with Gasteiger partial charge in [0.15, 0.2) is 0 Å². The average molecular weight is 302 g/mol. The van der Waals surface area contributed by atoms with Gasteiger partial charge in [0.1, 0.15) is 11.5 Å². The summed E-state index contributed by atoms with van der Waals surface area (Å²) in [5.74, 6) is 0.978. The molecule has 106 valence electrons. The highest BCUT2D eigenvalue weighted by atomic mass is 35.5. The number of aromatic nitrogens is 1. The van der Waals surface area contributed by atoms with E-state index >= 15 is 0 Å². The first-order chi connectivity index (χ1) is 9.52. The molecule has 0 unspecified atom stereocenters. The molecule has 1 aromatic heterocycles. The van der Waals surface area contributed by atoms with Gasteiger partial charge in [0, 0.05) is 17.0 Å². The maximum Gasteiger partial charge on any atom is 0.417 e. The van der Waals surface area contributed by atoms with Crippen LogP contribution in [0.4, 0.5) is 13.2 Å². The third kappa shape index (κ3) is 2.30. The van der Waals surface area contributed by atoms with Crippen LogP contribution in [0.15, 0.2) is 28.8 Å². The fraction of sp³-hybridized carbons (Fsp3) is 0.357. The molecule has 2 nitrogen and oxygen atoms in total. The number of rotatable bonds is 3. The lowest BCUT2D eigenvalue weighted by Gasteiger charge is -2.11. The average Bonchev–Trinajstić information content (AvgIpc) is 3.17. The SMILES string of the molecule is FC(F)(F)c1ccccc1-c1noc(C2CC2)c1CCl.